The van der Waals surface area contributed by atoms with Crippen LogP contribution in [0.2, 0.25) is 5.02 Å². The molecule has 1 aromatic rings. The lowest BCUT2D eigenvalue weighted by molar-refractivity contribution is 0.0789. The number of nitrogens with zero attached hydrogens (tertiary/aromatic N) is 1. The molecule has 1 atom stereocenters. The molecule has 1 saturated heterocycles. The standard InChI is InChI=1S/C12H14ClFN2O.ClH/c1-15-9-4-5-16(7-9)12(17)8-2-3-10(13)11(14)6-8;/h2-3,6,9,15H,4-5,7H2,1H3;1H. The van der Waals surface area contributed by atoms with Gasteiger partial charge in [0.2, 0.25) is 0 Å². The van der Waals surface area contributed by atoms with Crippen molar-refractivity contribution in [2.45, 2.75) is 12.5 Å². The lowest BCUT2D eigenvalue weighted by Gasteiger charge is -2.16. The monoisotopic (exact) mass is 292 g/mol. The van der Waals surface area contributed by atoms with Crippen LogP contribution >= 0.6 is 24.0 Å². The van der Waals surface area contributed by atoms with Crippen LogP contribution in [0.5, 0.6) is 0 Å². The topological polar surface area (TPSA) is 32.3 Å². The summed E-state index contributed by atoms with van der Waals surface area (Å²) in [5, 5.41) is 3.17. The summed E-state index contributed by atoms with van der Waals surface area (Å²) in [6.45, 7) is 1.37. The van der Waals surface area contributed by atoms with Crippen LogP contribution in [0, 0.1) is 5.82 Å². The Bertz CT molecular complexity index is 442. The van der Waals surface area contributed by atoms with E-state index in [1.54, 1.807) is 11.0 Å². The fraction of sp³-hybridized carbons (Fsp3) is 0.417. The summed E-state index contributed by atoms with van der Waals surface area (Å²) < 4.78 is 13.3. The van der Waals surface area contributed by atoms with Gasteiger partial charge in [0.15, 0.2) is 0 Å². The molecule has 0 spiro atoms. The van der Waals surface area contributed by atoms with Gasteiger partial charge in [0.05, 0.1) is 5.02 Å². The van der Waals surface area contributed by atoms with Crippen molar-refractivity contribution in [2.75, 3.05) is 20.1 Å². The molecule has 18 heavy (non-hydrogen) atoms. The summed E-state index contributed by atoms with van der Waals surface area (Å²) in [4.78, 5) is 13.8. The first-order valence-corrected chi connectivity index (χ1v) is 5.91. The Kier molecular flexibility index (Phi) is 5.38. The smallest absolute Gasteiger partial charge is 0.254 e. The molecule has 100 valence electrons. The predicted molar refractivity (Wildman–Crippen MR) is 72.0 cm³/mol. The summed E-state index contributed by atoms with van der Waals surface area (Å²) in [7, 11) is 1.88. The Balaban J connectivity index is 0.00000162. The van der Waals surface area contributed by atoms with Crippen molar-refractivity contribution in [3.05, 3.63) is 34.6 Å². The molecule has 1 aliphatic rings. The van der Waals surface area contributed by atoms with Gasteiger partial charge in [-0.3, -0.25) is 4.79 Å². The molecule has 1 fully saturated rings. The van der Waals surface area contributed by atoms with Gasteiger partial charge in [-0.15, -0.1) is 12.4 Å². The molecule has 2 rings (SSSR count). The van der Waals surface area contributed by atoms with E-state index in [1.165, 1.54) is 12.1 Å². The fourth-order valence-electron chi connectivity index (χ4n) is 1.99. The number of rotatable bonds is 2. The number of amides is 1. The van der Waals surface area contributed by atoms with Crippen LogP contribution in [0.4, 0.5) is 4.39 Å². The van der Waals surface area contributed by atoms with Crippen molar-refractivity contribution in [3.63, 3.8) is 0 Å². The molecular formula is C12H15Cl2FN2O. The zero-order valence-corrected chi connectivity index (χ0v) is 11.5. The van der Waals surface area contributed by atoms with Gasteiger partial charge in [-0.05, 0) is 31.7 Å². The Morgan fingerprint density at radius 2 is 2.28 bits per heavy atom. The largest absolute Gasteiger partial charge is 0.337 e. The normalized spacial score (nSPS) is 18.6. The Labute approximate surface area is 117 Å². The van der Waals surface area contributed by atoms with Gasteiger partial charge in [0, 0.05) is 24.7 Å². The van der Waals surface area contributed by atoms with Crippen LogP contribution in [-0.2, 0) is 0 Å². The molecule has 1 unspecified atom stereocenters. The molecule has 0 aromatic heterocycles. The van der Waals surface area contributed by atoms with E-state index in [4.69, 9.17) is 11.6 Å². The van der Waals surface area contributed by atoms with Crippen molar-refractivity contribution in [2.24, 2.45) is 0 Å². The molecule has 1 heterocycles. The average Bonchev–Trinajstić information content (AvgIpc) is 2.80. The van der Waals surface area contributed by atoms with E-state index in [-0.39, 0.29) is 23.3 Å². The Hall–Kier alpha value is -0.840. The van der Waals surface area contributed by atoms with Crippen molar-refractivity contribution < 1.29 is 9.18 Å². The Morgan fingerprint density at radius 3 is 2.83 bits per heavy atom. The van der Waals surface area contributed by atoms with Gasteiger partial charge in [-0.25, -0.2) is 4.39 Å². The van der Waals surface area contributed by atoms with E-state index in [2.05, 4.69) is 5.32 Å². The summed E-state index contributed by atoms with van der Waals surface area (Å²) in [5.74, 6) is -0.694. The summed E-state index contributed by atoms with van der Waals surface area (Å²) in [6.07, 6.45) is 0.929. The molecule has 6 heteroatoms. The molecule has 0 aliphatic carbocycles. The third-order valence-electron chi connectivity index (χ3n) is 3.05. The van der Waals surface area contributed by atoms with Crippen LogP contribution in [0.1, 0.15) is 16.8 Å². The van der Waals surface area contributed by atoms with Crippen molar-refractivity contribution in [1.29, 1.82) is 0 Å². The minimum absolute atomic E-state index is 0. The van der Waals surface area contributed by atoms with E-state index < -0.39 is 5.82 Å². The zero-order chi connectivity index (χ0) is 12.4. The summed E-state index contributed by atoms with van der Waals surface area (Å²) in [5.41, 5.74) is 0.351. The number of benzene rings is 1. The predicted octanol–water partition coefficient (Wildman–Crippen LogP) is 2.33. The maximum atomic E-state index is 13.3. The van der Waals surface area contributed by atoms with E-state index in [0.717, 1.165) is 6.42 Å². The number of hydrogen-bond acceptors (Lipinski definition) is 2. The number of halogens is 3. The maximum Gasteiger partial charge on any atom is 0.254 e. The zero-order valence-electron chi connectivity index (χ0n) is 9.95. The number of carbonyl (C=O) groups excluding carboxylic acids is 1. The molecule has 1 aliphatic heterocycles. The molecule has 0 radical (unpaired) electrons. The second-order valence-corrected chi connectivity index (χ2v) is 4.56. The highest BCUT2D eigenvalue weighted by molar-refractivity contribution is 6.30. The highest BCUT2D eigenvalue weighted by Gasteiger charge is 2.26. The van der Waals surface area contributed by atoms with Gasteiger partial charge in [0.1, 0.15) is 5.82 Å². The lowest BCUT2D eigenvalue weighted by Crippen LogP contribution is -2.33. The third-order valence-corrected chi connectivity index (χ3v) is 3.36. The molecule has 1 N–H and O–H groups in total. The van der Waals surface area contributed by atoms with Crippen LogP contribution in [0.25, 0.3) is 0 Å². The van der Waals surface area contributed by atoms with Gasteiger partial charge in [0.25, 0.3) is 5.91 Å². The van der Waals surface area contributed by atoms with E-state index in [0.29, 0.717) is 24.7 Å². The highest BCUT2D eigenvalue weighted by atomic mass is 35.5. The first kappa shape index (κ1) is 15.2. The highest BCUT2D eigenvalue weighted by Crippen LogP contribution is 2.18. The lowest BCUT2D eigenvalue weighted by atomic mass is 10.2. The number of likely N-dealkylation sites (tertiary alicyclic amines) is 1. The van der Waals surface area contributed by atoms with Crippen molar-refractivity contribution >= 4 is 29.9 Å². The molecule has 0 saturated carbocycles. The van der Waals surface area contributed by atoms with Crippen molar-refractivity contribution in [1.82, 2.24) is 10.2 Å². The molecular weight excluding hydrogens is 278 g/mol. The number of carbonyl (C=O) groups is 1. The summed E-state index contributed by atoms with van der Waals surface area (Å²) in [6, 6.07) is 4.49. The van der Waals surface area contributed by atoms with Gasteiger partial charge < -0.3 is 10.2 Å². The van der Waals surface area contributed by atoms with Crippen LogP contribution in [-0.4, -0.2) is 37.0 Å². The third kappa shape index (κ3) is 3.13. The second kappa shape index (κ2) is 6.36. The van der Waals surface area contributed by atoms with Crippen molar-refractivity contribution in [3.8, 4) is 0 Å². The van der Waals surface area contributed by atoms with E-state index in [9.17, 15) is 9.18 Å². The Morgan fingerprint density at radius 1 is 1.56 bits per heavy atom. The van der Waals surface area contributed by atoms with E-state index >= 15 is 0 Å². The minimum Gasteiger partial charge on any atom is -0.337 e. The SMILES string of the molecule is CNC1CCN(C(=O)c2ccc(Cl)c(F)c2)C1.Cl. The molecule has 0 bridgehead atoms. The number of likely N-dealkylation sites (N-methyl/N-ethyl adjacent to an activating group) is 1. The number of hydrogen-bond donors (Lipinski definition) is 1. The van der Waals surface area contributed by atoms with Crippen LogP contribution in [0.15, 0.2) is 18.2 Å². The van der Waals surface area contributed by atoms with E-state index in [1.807, 2.05) is 7.05 Å². The second-order valence-electron chi connectivity index (χ2n) is 4.15. The first-order valence-electron chi connectivity index (χ1n) is 5.53. The minimum atomic E-state index is -0.554. The quantitative estimate of drug-likeness (QED) is 0.907. The average molecular weight is 293 g/mol. The van der Waals surface area contributed by atoms with Crippen LogP contribution < -0.4 is 5.32 Å². The fourth-order valence-corrected chi connectivity index (χ4v) is 2.11. The summed E-state index contributed by atoms with van der Waals surface area (Å²) >= 11 is 5.58. The molecule has 1 aromatic carbocycles. The van der Waals surface area contributed by atoms with Gasteiger partial charge in [-0.1, -0.05) is 11.6 Å². The van der Waals surface area contributed by atoms with Crippen LogP contribution in [0.3, 0.4) is 0 Å². The van der Waals surface area contributed by atoms with Gasteiger partial charge >= 0.3 is 0 Å². The number of nitrogens with one attached hydrogen (secondary N) is 1. The first-order chi connectivity index (χ1) is 8.11. The van der Waals surface area contributed by atoms with Gasteiger partial charge in [-0.2, -0.15) is 0 Å². The molecule has 1 amide bonds. The maximum absolute atomic E-state index is 13.3. The molecule has 3 nitrogen and oxygen atoms in total.